The molecule has 2 N–H and O–H groups in total. The van der Waals surface area contributed by atoms with Gasteiger partial charge in [0.25, 0.3) is 0 Å². The Kier molecular flexibility index (Phi) is 5.50. The zero-order chi connectivity index (χ0) is 14.6. The molecule has 1 atom stereocenters. The van der Waals surface area contributed by atoms with Crippen molar-refractivity contribution in [3.05, 3.63) is 11.1 Å². The standard InChI is InChI=1S/C13H23N3O3/c1-9(10(2)13(18)19)12(17)14-7-11-8-15(3)5-6-16(11)4/h11H,5-8H2,1-4H3,(H,14,17)(H,18,19). The molecule has 1 fully saturated rings. The molecule has 1 aliphatic heterocycles. The van der Waals surface area contributed by atoms with E-state index in [0.717, 1.165) is 19.6 Å². The average molecular weight is 269 g/mol. The van der Waals surface area contributed by atoms with E-state index in [-0.39, 0.29) is 23.1 Å². The topological polar surface area (TPSA) is 72.9 Å². The minimum Gasteiger partial charge on any atom is -0.478 e. The Morgan fingerprint density at radius 3 is 2.42 bits per heavy atom. The van der Waals surface area contributed by atoms with Crippen LogP contribution in [0.3, 0.4) is 0 Å². The predicted octanol–water partition coefficient (Wildman–Crippen LogP) is -0.231. The minimum atomic E-state index is -1.05. The zero-order valence-corrected chi connectivity index (χ0v) is 12.1. The van der Waals surface area contributed by atoms with E-state index < -0.39 is 5.97 Å². The second kappa shape index (κ2) is 6.68. The Morgan fingerprint density at radius 2 is 1.84 bits per heavy atom. The van der Waals surface area contributed by atoms with Gasteiger partial charge < -0.3 is 15.3 Å². The lowest BCUT2D eigenvalue weighted by Crippen LogP contribution is -2.54. The number of aliphatic carboxylic acids is 1. The molecule has 1 saturated heterocycles. The summed E-state index contributed by atoms with van der Waals surface area (Å²) in [4.78, 5) is 27.1. The molecule has 108 valence electrons. The molecule has 0 aromatic rings. The molecule has 1 aliphatic rings. The van der Waals surface area contributed by atoms with E-state index >= 15 is 0 Å². The maximum absolute atomic E-state index is 11.9. The second-order valence-corrected chi connectivity index (χ2v) is 5.16. The second-order valence-electron chi connectivity index (χ2n) is 5.16. The fraction of sp³-hybridized carbons (Fsp3) is 0.692. The molecule has 6 heteroatoms. The van der Waals surface area contributed by atoms with Gasteiger partial charge in [-0.15, -0.1) is 0 Å². The summed E-state index contributed by atoms with van der Waals surface area (Å²) in [6.07, 6.45) is 0. The molecule has 0 spiro atoms. The van der Waals surface area contributed by atoms with Crippen molar-refractivity contribution in [3.63, 3.8) is 0 Å². The highest BCUT2D eigenvalue weighted by Crippen LogP contribution is 2.06. The first-order valence-electron chi connectivity index (χ1n) is 6.40. The van der Waals surface area contributed by atoms with E-state index in [4.69, 9.17) is 5.11 Å². The monoisotopic (exact) mass is 269 g/mol. The van der Waals surface area contributed by atoms with E-state index in [9.17, 15) is 9.59 Å². The van der Waals surface area contributed by atoms with Crippen LogP contribution in [0, 0.1) is 0 Å². The van der Waals surface area contributed by atoms with Crippen molar-refractivity contribution in [2.75, 3.05) is 40.3 Å². The molecule has 0 saturated carbocycles. The molecule has 0 bridgehead atoms. The van der Waals surface area contributed by atoms with Gasteiger partial charge in [0.1, 0.15) is 0 Å². The highest BCUT2D eigenvalue weighted by atomic mass is 16.4. The quantitative estimate of drug-likeness (QED) is 0.690. The van der Waals surface area contributed by atoms with Crippen LogP contribution in [0.1, 0.15) is 13.8 Å². The third-order valence-electron chi connectivity index (χ3n) is 3.70. The SMILES string of the molecule is CC(C(=O)O)=C(C)C(=O)NCC1CN(C)CCN1C. The third-order valence-corrected chi connectivity index (χ3v) is 3.70. The summed E-state index contributed by atoms with van der Waals surface area (Å²) < 4.78 is 0. The van der Waals surface area contributed by atoms with Gasteiger partial charge in [0.05, 0.1) is 0 Å². The van der Waals surface area contributed by atoms with Crippen molar-refractivity contribution in [3.8, 4) is 0 Å². The minimum absolute atomic E-state index is 0.0895. The predicted molar refractivity (Wildman–Crippen MR) is 72.9 cm³/mol. The van der Waals surface area contributed by atoms with Crippen molar-refractivity contribution in [1.82, 2.24) is 15.1 Å². The Hall–Kier alpha value is -1.40. The van der Waals surface area contributed by atoms with Gasteiger partial charge in [-0.2, -0.15) is 0 Å². The summed E-state index contributed by atoms with van der Waals surface area (Å²) in [6.45, 7) is 6.41. The number of carbonyl (C=O) groups is 2. The Balaban J connectivity index is 2.54. The van der Waals surface area contributed by atoms with Crippen LogP contribution in [-0.4, -0.2) is 73.1 Å². The number of amides is 1. The number of likely N-dealkylation sites (N-methyl/N-ethyl adjacent to an activating group) is 2. The van der Waals surface area contributed by atoms with E-state index in [1.165, 1.54) is 13.8 Å². The van der Waals surface area contributed by atoms with Crippen molar-refractivity contribution >= 4 is 11.9 Å². The van der Waals surface area contributed by atoms with Gasteiger partial charge in [0.15, 0.2) is 0 Å². The van der Waals surface area contributed by atoms with E-state index in [1.807, 2.05) is 7.05 Å². The van der Waals surface area contributed by atoms with Crippen molar-refractivity contribution in [1.29, 1.82) is 0 Å². The fourth-order valence-corrected chi connectivity index (χ4v) is 2.00. The van der Waals surface area contributed by atoms with Gasteiger partial charge >= 0.3 is 5.97 Å². The first kappa shape index (κ1) is 15.7. The highest BCUT2D eigenvalue weighted by Gasteiger charge is 2.23. The number of hydrogen-bond donors (Lipinski definition) is 2. The zero-order valence-electron chi connectivity index (χ0n) is 12.1. The lowest BCUT2D eigenvalue weighted by atomic mass is 10.1. The van der Waals surface area contributed by atoms with Crippen molar-refractivity contribution in [2.24, 2.45) is 0 Å². The van der Waals surface area contributed by atoms with Gasteiger partial charge in [-0.05, 0) is 27.9 Å². The molecular weight excluding hydrogens is 246 g/mol. The fourth-order valence-electron chi connectivity index (χ4n) is 2.00. The lowest BCUT2D eigenvalue weighted by Gasteiger charge is -2.37. The number of piperazine rings is 1. The molecule has 0 radical (unpaired) electrons. The van der Waals surface area contributed by atoms with Gasteiger partial charge in [0, 0.05) is 43.4 Å². The number of hydrogen-bond acceptors (Lipinski definition) is 4. The van der Waals surface area contributed by atoms with Crippen LogP contribution in [-0.2, 0) is 9.59 Å². The van der Waals surface area contributed by atoms with Crippen LogP contribution in [0.25, 0.3) is 0 Å². The first-order valence-corrected chi connectivity index (χ1v) is 6.40. The lowest BCUT2D eigenvalue weighted by molar-refractivity contribution is -0.133. The summed E-state index contributed by atoms with van der Waals surface area (Å²) in [6, 6.07) is 0.264. The molecule has 0 aromatic heterocycles. The Morgan fingerprint density at radius 1 is 1.21 bits per heavy atom. The molecule has 6 nitrogen and oxygen atoms in total. The summed E-state index contributed by atoms with van der Waals surface area (Å²) in [5.41, 5.74) is 0.353. The molecule has 0 aliphatic carbocycles. The Labute approximate surface area is 114 Å². The number of carboxylic acid groups (broad SMARTS) is 1. The van der Waals surface area contributed by atoms with Gasteiger partial charge in [-0.25, -0.2) is 4.79 Å². The summed E-state index contributed by atoms with van der Waals surface area (Å²) in [5.74, 6) is -1.36. The van der Waals surface area contributed by atoms with Crippen LogP contribution in [0.4, 0.5) is 0 Å². The number of nitrogens with one attached hydrogen (secondary N) is 1. The summed E-state index contributed by atoms with van der Waals surface area (Å²) >= 11 is 0. The van der Waals surface area contributed by atoms with Crippen LogP contribution in [0.2, 0.25) is 0 Å². The molecule has 0 aromatic carbocycles. The van der Waals surface area contributed by atoms with Gasteiger partial charge in [0.2, 0.25) is 5.91 Å². The Bertz CT molecular complexity index is 393. The van der Waals surface area contributed by atoms with E-state index in [2.05, 4.69) is 22.2 Å². The normalized spacial score (nSPS) is 22.8. The van der Waals surface area contributed by atoms with Gasteiger partial charge in [-0.3, -0.25) is 9.69 Å². The number of carboxylic acids is 1. The molecule has 1 amide bonds. The van der Waals surface area contributed by atoms with Crippen molar-refractivity contribution in [2.45, 2.75) is 19.9 Å². The summed E-state index contributed by atoms with van der Waals surface area (Å²) in [7, 11) is 4.09. The largest absolute Gasteiger partial charge is 0.478 e. The van der Waals surface area contributed by atoms with Gasteiger partial charge in [-0.1, -0.05) is 0 Å². The molecule has 1 heterocycles. The third kappa shape index (κ3) is 4.33. The number of nitrogens with zero attached hydrogens (tertiary/aromatic N) is 2. The van der Waals surface area contributed by atoms with Crippen LogP contribution >= 0.6 is 0 Å². The number of rotatable bonds is 4. The van der Waals surface area contributed by atoms with Crippen LogP contribution < -0.4 is 5.32 Å². The summed E-state index contributed by atoms with van der Waals surface area (Å²) in [5, 5.41) is 11.7. The number of carbonyl (C=O) groups excluding carboxylic acids is 1. The molecule has 1 rings (SSSR count). The maximum atomic E-state index is 11.9. The van der Waals surface area contributed by atoms with Crippen molar-refractivity contribution < 1.29 is 14.7 Å². The maximum Gasteiger partial charge on any atom is 0.331 e. The molecule has 1 unspecified atom stereocenters. The van der Waals surface area contributed by atoms with Crippen LogP contribution in [0.15, 0.2) is 11.1 Å². The highest BCUT2D eigenvalue weighted by molar-refractivity contribution is 6.01. The smallest absolute Gasteiger partial charge is 0.331 e. The molecule has 19 heavy (non-hydrogen) atoms. The van der Waals surface area contributed by atoms with E-state index in [0.29, 0.717) is 6.54 Å². The first-order chi connectivity index (χ1) is 8.82. The molecular formula is C13H23N3O3. The van der Waals surface area contributed by atoms with E-state index in [1.54, 1.807) is 0 Å². The van der Waals surface area contributed by atoms with Crippen LogP contribution in [0.5, 0.6) is 0 Å². The average Bonchev–Trinajstić information content (AvgIpc) is 2.37.